The van der Waals surface area contributed by atoms with E-state index >= 15 is 0 Å². The molecule has 0 saturated heterocycles. The molecule has 0 spiro atoms. The van der Waals surface area contributed by atoms with Gasteiger partial charge in [-0.3, -0.25) is 9.59 Å². The van der Waals surface area contributed by atoms with Crippen molar-refractivity contribution < 1.29 is 14.3 Å². The van der Waals surface area contributed by atoms with Gasteiger partial charge in [0.15, 0.2) is 5.78 Å². The standard InChI is InChI=1S/C24H23NO3S/c1-2-28-21-12-8-19(9-13-21)23(26)17-29-22-14-10-20(11-15-22)25-24(27)16-18-6-4-3-5-7-18/h3-15H,2,16-17H2,1H3,(H,25,27). The number of carbonyl (C=O) groups excluding carboxylic acids is 2. The van der Waals surface area contributed by atoms with Crippen LogP contribution in [0.2, 0.25) is 0 Å². The van der Waals surface area contributed by atoms with Crippen molar-refractivity contribution in [1.82, 2.24) is 0 Å². The highest BCUT2D eigenvalue weighted by Gasteiger charge is 2.08. The zero-order valence-corrected chi connectivity index (χ0v) is 17.1. The number of Topliss-reactive ketones (excluding diaryl/α,β-unsaturated/α-hetero) is 1. The Morgan fingerprint density at radius 2 is 1.59 bits per heavy atom. The maximum atomic E-state index is 12.4. The van der Waals surface area contributed by atoms with Crippen LogP contribution in [-0.2, 0) is 11.2 Å². The first kappa shape index (κ1) is 20.7. The van der Waals surface area contributed by atoms with E-state index < -0.39 is 0 Å². The quantitative estimate of drug-likeness (QED) is 0.391. The van der Waals surface area contributed by atoms with E-state index in [9.17, 15) is 9.59 Å². The third kappa shape index (κ3) is 6.50. The van der Waals surface area contributed by atoms with Crippen LogP contribution in [-0.4, -0.2) is 24.1 Å². The van der Waals surface area contributed by atoms with E-state index in [0.29, 0.717) is 24.3 Å². The average molecular weight is 406 g/mol. The van der Waals surface area contributed by atoms with Crippen molar-refractivity contribution in [2.75, 3.05) is 17.7 Å². The van der Waals surface area contributed by atoms with E-state index in [1.54, 1.807) is 12.1 Å². The highest BCUT2D eigenvalue weighted by atomic mass is 32.2. The molecule has 0 aliphatic heterocycles. The highest BCUT2D eigenvalue weighted by Crippen LogP contribution is 2.22. The Morgan fingerprint density at radius 1 is 0.897 bits per heavy atom. The fourth-order valence-electron chi connectivity index (χ4n) is 2.76. The van der Waals surface area contributed by atoms with Crippen LogP contribution in [0.4, 0.5) is 5.69 Å². The number of carbonyl (C=O) groups is 2. The Kier molecular flexibility index (Phi) is 7.47. The summed E-state index contributed by atoms with van der Waals surface area (Å²) in [6.45, 7) is 2.53. The van der Waals surface area contributed by atoms with Crippen LogP contribution in [0.5, 0.6) is 5.75 Å². The molecule has 148 valence electrons. The van der Waals surface area contributed by atoms with Crippen molar-refractivity contribution in [3.05, 3.63) is 90.0 Å². The first-order valence-corrected chi connectivity index (χ1v) is 10.5. The predicted octanol–water partition coefficient (Wildman–Crippen LogP) is 5.24. The second-order valence-electron chi connectivity index (χ2n) is 6.40. The van der Waals surface area contributed by atoms with Crippen LogP contribution in [0.1, 0.15) is 22.8 Å². The Hall–Kier alpha value is -3.05. The van der Waals surface area contributed by atoms with Crippen LogP contribution < -0.4 is 10.1 Å². The molecule has 0 bridgehead atoms. The van der Waals surface area contributed by atoms with Gasteiger partial charge in [-0.15, -0.1) is 11.8 Å². The summed E-state index contributed by atoms with van der Waals surface area (Å²) >= 11 is 1.47. The molecule has 4 nitrogen and oxygen atoms in total. The second kappa shape index (κ2) is 10.5. The summed E-state index contributed by atoms with van der Waals surface area (Å²) in [5.74, 6) is 1.13. The van der Waals surface area contributed by atoms with Gasteiger partial charge in [0.25, 0.3) is 0 Å². The minimum Gasteiger partial charge on any atom is -0.494 e. The fraction of sp³-hybridized carbons (Fsp3) is 0.167. The van der Waals surface area contributed by atoms with Gasteiger partial charge < -0.3 is 10.1 Å². The summed E-state index contributed by atoms with van der Waals surface area (Å²) in [6.07, 6.45) is 0.341. The number of ketones is 1. The molecule has 3 rings (SSSR count). The summed E-state index contributed by atoms with van der Waals surface area (Å²) in [5.41, 5.74) is 2.39. The molecule has 0 saturated carbocycles. The maximum Gasteiger partial charge on any atom is 0.228 e. The normalized spacial score (nSPS) is 10.4. The number of rotatable bonds is 9. The number of nitrogens with one attached hydrogen (secondary N) is 1. The molecule has 5 heteroatoms. The molecular weight excluding hydrogens is 382 g/mol. The van der Waals surface area contributed by atoms with Crippen molar-refractivity contribution in [2.45, 2.75) is 18.2 Å². The Morgan fingerprint density at radius 3 is 2.24 bits per heavy atom. The van der Waals surface area contributed by atoms with E-state index in [1.807, 2.05) is 73.7 Å². The lowest BCUT2D eigenvalue weighted by molar-refractivity contribution is -0.115. The monoisotopic (exact) mass is 405 g/mol. The molecule has 29 heavy (non-hydrogen) atoms. The first-order chi connectivity index (χ1) is 14.1. The van der Waals surface area contributed by atoms with Gasteiger partial charge in [0.1, 0.15) is 5.75 Å². The number of ether oxygens (including phenoxy) is 1. The van der Waals surface area contributed by atoms with Crippen LogP contribution >= 0.6 is 11.8 Å². The van der Waals surface area contributed by atoms with Crippen molar-refractivity contribution in [3.63, 3.8) is 0 Å². The van der Waals surface area contributed by atoms with E-state index in [-0.39, 0.29) is 11.7 Å². The minimum atomic E-state index is -0.0534. The molecule has 0 unspecified atom stereocenters. The predicted molar refractivity (Wildman–Crippen MR) is 118 cm³/mol. The lowest BCUT2D eigenvalue weighted by Gasteiger charge is -2.07. The third-order valence-electron chi connectivity index (χ3n) is 4.20. The Labute approximate surface area is 175 Å². The summed E-state index contributed by atoms with van der Waals surface area (Å²) in [5, 5.41) is 2.90. The Balaban J connectivity index is 1.48. The summed E-state index contributed by atoms with van der Waals surface area (Å²) < 4.78 is 5.40. The zero-order valence-electron chi connectivity index (χ0n) is 16.3. The molecule has 0 aliphatic carbocycles. The second-order valence-corrected chi connectivity index (χ2v) is 7.45. The number of hydrogen-bond donors (Lipinski definition) is 1. The molecule has 1 N–H and O–H groups in total. The number of thioether (sulfide) groups is 1. The smallest absolute Gasteiger partial charge is 0.228 e. The van der Waals surface area contributed by atoms with Crippen molar-refractivity contribution >= 4 is 29.1 Å². The van der Waals surface area contributed by atoms with Crippen LogP contribution in [0, 0.1) is 0 Å². The van der Waals surface area contributed by atoms with Crippen molar-refractivity contribution in [1.29, 1.82) is 0 Å². The SMILES string of the molecule is CCOc1ccc(C(=O)CSc2ccc(NC(=O)Cc3ccccc3)cc2)cc1. The van der Waals surface area contributed by atoms with Gasteiger partial charge in [0.2, 0.25) is 5.91 Å². The highest BCUT2D eigenvalue weighted by molar-refractivity contribution is 8.00. The van der Waals surface area contributed by atoms with Crippen LogP contribution in [0.15, 0.2) is 83.8 Å². The molecule has 0 fully saturated rings. The lowest BCUT2D eigenvalue weighted by atomic mass is 10.1. The molecule has 0 aliphatic rings. The van der Waals surface area contributed by atoms with E-state index in [4.69, 9.17) is 4.74 Å². The molecule has 0 atom stereocenters. The Bertz CT molecular complexity index is 938. The number of benzene rings is 3. The molecule has 0 radical (unpaired) electrons. The average Bonchev–Trinajstić information content (AvgIpc) is 2.74. The van der Waals surface area contributed by atoms with Gasteiger partial charge >= 0.3 is 0 Å². The van der Waals surface area contributed by atoms with Crippen molar-refractivity contribution in [3.8, 4) is 5.75 Å². The molecule has 3 aromatic rings. The largest absolute Gasteiger partial charge is 0.494 e. The van der Waals surface area contributed by atoms with Gasteiger partial charge in [-0.2, -0.15) is 0 Å². The molecule has 1 amide bonds. The van der Waals surface area contributed by atoms with Gasteiger partial charge in [0, 0.05) is 16.1 Å². The van der Waals surface area contributed by atoms with Gasteiger partial charge in [-0.05, 0) is 61.0 Å². The summed E-state index contributed by atoms with van der Waals surface area (Å²) in [4.78, 5) is 25.5. The zero-order chi connectivity index (χ0) is 20.5. The van der Waals surface area contributed by atoms with E-state index in [0.717, 1.165) is 21.9 Å². The third-order valence-corrected chi connectivity index (χ3v) is 5.21. The van der Waals surface area contributed by atoms with Gasteiger partial charge in [-0.25, -0.2) is 0 Å². The van der Waals surface area contributed by atoms with Gasteiger partial charge in [-0.1, -0.05) is 30.3 Å². The van der Waals surface area contributed by atoms with E-state index in [1.165, 1.54) is 11.8 Å². The first-order valence-electron chi connectivity index (χ1n) is 9.47. The molecule has 3 aromatic carbocycles. The fourth-order valence-corrected chi connectivity index (χ4v) is 3.55. The minimum absolute atomic E-state index is 0.0534. The van der Waals surface area contributed by atoms with E-state index in [2.05, 4.69) is 5.32 Å². The topological polar surface area (TPSA) is 55.4 Å². The van der Waals surface area contributed by atoms with Gasteiger partial charge in [0.05, 0.1) is 18.8 Å². The molecular formula is C24H23NO3S. The lowest BCUT2D eigenvalue weighted by Crippen LogP contribution is -2.14. The van der Waals surface area contributed by atoms with Crippen LogP contribution in [0.3, 0.4) is 0 Å². The molecule has 0 aromatic heterocycles. The summed E-state index contributed by atoms with van der Waals surface area (Å²) in [6, 6.07) is 24.4. The van der Waals surface area contributed by atoms with Crippen LogP contribution in [0.25, 0.3) is 0 Å². The number of hydrogen-bond acceptors (Lipinski definition) is 4. The number of anilines is 1. The summed E-state index contributed by atoms with van der Waals surface area (Å²) in [7, 11) is 0. The van der Waals surface area contributed by atoms with Crippen molar-refractivity contribution in [2.24, 2.45) is 0 Å². The maximum absolute atomic E-state index is 12.4. The number of amides is 1. The molecule has 0 heterocycles.